The molecular formula is C28H35N5O3. The first-order valence-corrected chi connectivity index (χ1v) is 12.8. The minimum atomic E-state index is -0.928. The van der Waals surface area contributed by atoms with Gasteiger partial charge in [-0.05, 0) is 56.9 Å². The van der Waals surface area contributed by atoms with E-state index >= 15 is 0 Å². The summed E-state index contributed by atoms with van der Waals surface area (Å²) >= 11 is 0. The van der Waals surface area contributed by atoms with Crippen molar-refractivity contribution in [1.29, 1.82) is 5.26 Å². The number of carbonyl (C=O) groups is 2. The van der Waals surface area contributed by atoms with Gasteiger partial charge in [0.25, 0.3) is 0 Å². The summed E-state index contributed by atoms with van der Waals surface area (Å²) in [5.74, 6) is -0.533. The number of amides is 2. The van der Waals surface area contributed by atoms with Crippen LogP contribution in [0.5, 0.6) is 0 Å². The maximum atomic E-state index is 13.9. The van der Waals surface area contributed by atoms with E-state index in [1.54, 1.807) is 30.6 Å². The monoisotopic (exact) mass is 489 g/mol. The van der Waals surface area contributed by atoms with E-state index in [0.717, 1.165) is 31.2 Å². The number of carbonyl (C=O) groups excluding carboxylic acids is 2. The van der Waals surface area contributed by atoms with Gasteiger partial charge in [0.2, 0.25) is 11.8 Å². The fraction of sp³-hybridized carbons (Fsp3) is 0.500. The lowest BCUT2D eigenvalue weighted by Gasteiger charge is -2.35. The van der Waals surface area contributed by atoms with Crippen molar-refractivity contribution < 1.29 is 14.7 Å². The van der Waals surface area contributed by atoms with E-state index < -0.39 is 23.6 Å². The van der Waals surface area contributed by atoms with Crippen LogP contribution < -0.4 is 15.5 Å². The van der Waals surface area contributed by atoms with E-state index in [9.17, 15) is 20.0 Å². The fourth-order valence-electron chi connectivity index (χ4n) is 5.06. The van der Waals surface area contributed by atoms with Gasteiger partial charge in [-0.15, -0.1) is 0 Å². The average molecular weight is 490 g/mol. The lowest BCUT2D eigenvalue weighted by Crippen LogP contribution is -2.51. The summed E-state index contributed by atoms with van der Waals surface area (Å²) in [6, 6.07) is 11.6. The Kier molecular flexibility index (Phi) is 8.02. The number of rotatable bonds is 7. The SMILES string of the molecule is CC(C)(C#N)c1ccc(N(C(=O)[C@H]2C[C@@H](O)CN2)C(C(=O)NC2CCCCC2)c2cccnc2)cc1. The second-order valence-corrected chi connectivity index (χ2v) is 10.4. The number of nitrogens with zero attached hydrogens (tertiary/aromatic N) is 3. The fourth-order valence-corrected chi connectivity index (χ4v) is 5.06. The van der Waals surface area contributed by atoms with Crippen LogP contribution in [0.3, 0.4) is 0 Å². The number of benzene rings is 1. The summed E-state index contributed by atoms with van der Waals surface area (Å²) in [5, 5.41) is 25.9. The maximum Gasteiger partial charge on any atom is 0.248 e. The number of nitrogens with one attached hydrogen (secondary N) is 2. The second-order valence-electron chi connectivity index (χ2n) is 10.4. The molecule has 1 unspecified atom stereocenters. The molecular weight excluding hydrogens is 454 g/mol. The Morgan fingerprint density at radius 3 is 2.50 bits per heavy atom. The van der Waals surface area contributed by atoms with E-state index in [-0.39, 0.29) is 24.3 Å². The summed E-state index contributed by atoms with van der Waals surface area (Å²) in [6.07, 6.45) is 8.09. The Hall–Kier alpha value is -3.28. The summed E-state index contributed by atoms with van der Waals surface area (Å²) in [7, 11) is 0. The van der Waals surface area contributed by atoms with Gasteiger partial charge in [0, 0.05) is 36.2 Å². The maximum absolute atomic E-state index is 13.9. The largest absolute Gasteiger partial charge is 0.392 e. The molecule has 36 heavy (non-hydrogen) atoms. The van der Waals surface area contributed by atoms with Crippen LogP contribution in [0.4, 0.5) is 5.69 Å². The second kappa shape index (κ2) is 11.2. The molecule has 1 saturated carbocycles. The quantitative estimate of drug-likeness (QED) is 0.550. The highest BCUT2D eigenvalue weighted by Gasteiger charge is 2.39. The molecule has 1 aromatic carbocycles. The minimum Gasteiger partial charge on any atom is -0.392 e. The van der Waals surface area contributed by atoms with Gasteiger partial charge in [-0.2, -0.15) is 5.26 Å². The number of aliphatic hydroxyl groups is 1. The van der Waals surface area contributed by atoms with Crippen LogP contribution in [0.2, 0.25) is 0 Å². The first-order chi connectivity index (χ1) is 17.3. The lowest BCUT2D eigenvalue weighted by atomic mass is 9.86. The van der Waals surface area contributed by atoms with Crippen LogP contribution in [-0.4, -0.2) is 46.6 Å². The van der Waals surface area contributed by atoms with Gasteiger partial charge in [-0.1, -0.05) is 37.5 Å². The minimum absolute atomic E-state index is 0.0765. The lowest BCUT2D eigenvalue weighted by molar-refractivity contribution is -0.128. The summed E-state index contributed by atoms with van der Waals surface area (Å²) in [5.41, 5.74) is 1.29. The molecule has 3 N–H and O–H groups in total. The highest BCUT2D eigenvalue weighted by Crippen LogP contribution is 2.32. The molecule has 3 atom stereocenters. The van der Waals surface area contributed by atoms with E-state index in [0.29, 0.717) is 17.8 Å². The van der Waals surface area contributed by atoms with Gasteiger partial charge in [0.1, 0.15) is 6.04 Å². The van der Waals surface area contributed by atoms with Gasteiger partial charge in [0.05, 0.1) is 23.6 Å². The van der Waals surface area contributed by atoms with E-state index in [4.69, 9.17) is 0 Å². The molecule has 0 spiro atoms. The van der Waals surface area contributed by atoms with Crippen LogP contribution in [-0.2, 0) is 15.0 Å². The Morgan fingerprint density at radius 2 is 1.92 bits per heavy atom. The number of hydrogen-bond acceptors (Lipinski definition) is 6. The Labute approximate surface area is 212 Å². The zero-order valence-electron chi connectivity index (χ0n) is 21.0. The summed E-state index contributed by atoms with van der Waals surface area (Å²) < 4.78 is 0. The van der Waals surface area contributed by atoms with Crippen molar-refractivity contribution >= 4 is 17.5 Å². The van der Waals surface area contributed by atoms with Gasteiger partial charge in [-0.25, -0.2) is 0 Å². The topological polar surface area (TPSA) is 118 Å². The van der Waals surface area contributed by atoms with Gasteiger partial charge in [-0.3, -0.25) is 19.5 Å². The molecule has 8 heteroatoms. The standard InChI is InChI=1S/C28H35N5O3/c1-28(2,18-29)20-10-12-22(13-11-20)33(27(36)24-15-23(34)17-31-24)25(19-7-6-14-30-16-19)26(35)32-21-8-4-3-5-9-21/h6-7,10-14,16,21,23-25,31,34H,3-5,8-9,15,17H2,1-2H3,(H,32,35)/t23-,24-,25?/m1/s1. The third-order valence-corrected chi connectivity index (χ3v) is 7.25. The van der Waals surface area contributed by atoms with Gasteiger partial charge >= 0.3 is 0 Å². The molecule has 4 rings (SSSR count). The molecule has 2 fully saturated rings. The molecule has 1 aliphatic carbocycles. The van der Waals surface area contributed by atoms with E-state index in [1.807, 2.05) is 32.0 Å². The van der Waals surface area contributed by atoms with Crippen molar-refractivity contribution in [3.05, 3.63) is 59.9 Å². The Morgan fingerprint density at radius 1 is 1.19 bits per heavy atom. The summed E-state index contributed by atoms with van der Waals surface area (Å²) in [4.78, 5) is 33.5. The highest BCUT2D eigenvalue weighted by molar-refractivity contribution is 6.04. The van der Waals surface area contributed by atoms with E-state index in [2.05, 4.69) is 21.7 Å². The third kappa shape index (κ3) is 5.75. The Bertz CT molecular complexity index is 1090. The molecule has 1 aromatic heterocycles. The molecule has 2 aromatic rings. The number of β-amino-alcohol motifs (C(OH)–C–C–N with tert-alkyl or cyclic N) is 1. The molecule has 8 nitrogen and oxygen atoms in total. The molecule has 0 bridgehead atoms. The van der Waals surface area contributed by atoms with Crippen LogP contribution in [0.15, 0.2) is 48.8 Å². The van der Waals surface area contributed by atoms with Crippen LogP contribution in [0, 0.1) is 11.3 Å². The predicted molar refractivity (Wildman–Crippen MR) is 137 cm³/mol. The van der Waals surface area contributed by atoms with Crippen molar-refractivity contribution in [3.8, 4) is 6.07 Å². The highest BCUT2D eigenvalue weighted by atomic mass is 16.3. The van der Waals surface area contributed by atoms with Crippen molar-refractivity contribution in [1.82, 2.24) is 15.6 Å². The third-order valence-electron chi connectivity index (χ3n) is 7.25. The number of pyridine rings is 1. The zero-order valence-corrected chi connectivity index (χ0v) is 21.0. The van der Waals surface area contributed by atoms with Gasteiger partial charge < -0.3 is 15.7 Å². The number of aliphatic hydroxyl groups excluding tert-OH is 1. The number of anilines is 1. The molecule has 1 saturated heterocycles. The van der Waals surface area contributed by atoms with Crippen LogP contribution in [0.1, 0.15) is 69.5 Å². The van der Waals surface area contributed by atoms with Gasteiger partial charge in [0.15, 0.2) is 0 Å². The smallest absolute Gasteiger partial charge is 0.248 e. The van der Waals surface area contributed by atoms with Crippen molar-refractivity contribution in [2.75, 3.05) is 11.4 Å². The number of aromatic nitrogens is 1. The summed E-state index contributed by atoms with van der Waals surface area (Å²) in [6.45, 7) is 4.00. The van der Waals surface area contributed by atoms with Crippen LogP contribution in [0.25, 0.3) is 0 Å². The molecule has 0 radical (unpaired) electrons. The number of nitriles is 1. The number of hydrogen-bond donors (Lipinski definition) is 3. The molecule has 2 amide bonds. The van der Waals surface area contributed by atoms with Crippen molar-refractivity contribution in [2.45, 2.75) is 82.0 Å². The van der Waals surface area contributed by atoms with E-state index in [1.165, 1.54) is 11.3 Å². The Balaban J connectivity index is 1.75. The first-order valence-electron chi connectivity index (χ1n) is 12.8. The molecule has 1 aliphatic heterocycles. The first kappa shape index (κ1) is 25.8. The van der Waals surface area contributed by atoms with Crippen molar-refractivity contribution in [3.63, 3.8) is 0 Å². The van der Waals surface area contributed by atoms with Crippen LogP contribution >= 0.6 is 0 Å². The average Bonchev–Trinajstić information content (AvgIpc) is 3.34. The van der Waals surface area contributed by atoms with Crippen molar-refractivity contribution in [2.24, 2.45) is 0 Å². The predicted octanol–water partition coefficient (Wildman–Crippen LogP) is 3.13. The molecule has 2 heterocycles. The molecule has 190 valence electrons. The zero-order chi connectivity index (χ0) is 25.7. The molecule has 2 aliphatic rings. The normalized spacial score (nSPS) is 21.4.